The Kier molecular flexibility index (Phi) is 3.47. The van der Waals surface area contributed by atoms with Crippen molar-refractivity contribution in [3.63, 3.8) is 0 Å². The lowest BCUT2D eigenvalue weighted by atomic mass is 11.8. The molecule has 0 bridgehead atoms. The summed E-state index contributed by atoms with van der Waals surface area (Å²) in [5, 5.41) is 0. The molecule has 1 heterocycles. The van der Waals surface area contributed by atoms with E-state index in [9.17, 15) is 0 Å². The van der Waals surface area contributed by atoms with Crippen LogP contribution in [0.2, 0.25) is 5.67 Å². The molecular formula is C2H5I3Si2. The molecule has 0 N–H and O–H groups in total. The molecule has 2 unspecified atom stereocenters. The van der Waals surface area contributed by atoms with E-state index in [0.29, 0.717) is 0 Å². The van der Waals surface area contributed by atoms with Gasteiger partial charge in [0.2, 0.25) is 0 Å². The summed E-state index contributed by atoms with van der Waals surface area (Å²) in [4.78, 5) is 0. The molecule has 1 fully saturated rings. The van der Waals surface area contributed by atoms with Gasteiger partial charge in [-0.25, -0.2) is 0 Å². The largest absolute Gasteiger partial charge is 0.123 e. The van der Waals surface area contributed by atoms with Crippen LogP contribution in [0, 0.1) is 0 Å². The molecule has 0 aromatic rings. The highest BCUT2D eigenvalue weighted by atomic mass is 127. The van der Waals surface area contributed by atoms with Crippen LogP contribution in [-0.2, 0) is 0 Å². The maximum Gasteiger partial charge on any atom is 0.118 e. The second-order valence-corrected chi connectivity index (χ2v) is 21.6. The van der Waals surface area contributed by atoms with Crippen molar-refractivity contribution in [2.75, 3.05) is 0 Å². The third kappa shape index (κ3) is 1.77. The van der Waals surface area contributed by atoms with E-state index in [1.54, 1.807) is 5.67 Å². The van der Waals surface area contributed by atoms with Gasteiger partial charge < -0.3 is 0 Å². The van der Waals surface area contributed by atoms with Gasteiger partial charge in [0.15, 0.2) is 0 Å². The van der Waals surface area contributed by atoms with Crippen molar-refractivity contribution in [1.82, 2.24) is 0 Å². The molecule has 7 heavy (non-hydrogen) atoms. The Balaban J connectivity index is 2.29. The molecule has 0 amide bonds. The summed E-state index contributed by atoms with van der Waals surface area (Å²) < 4.78 is 1.22. The van der Waals surface area contributed by atoms with E-state index in [4.69, 9.17) is 0 Å². The van der Waals surface area contributed by atoms with Gasteiger partial charge in [-0.15, -0.1) is 43.6 Å². The molecule has 1 saturated heterocycles. The predicted octanol–water partition coefficient (Wildman–Crippen LogP) is 1.74. The number of hydrogen-bond donors (Lipinski definition) is 0. The Morgan fingerprint density at radius 2 is 1.71 bits per heavy atom. The zero-order chi connectivity index (χ0) is 5.44. The Hall–Kier alpha value is 2.62. The summed E-state index contributed by atoms with van der Waals surface area (Å²) >= 11 is 8.05. The summed E-state index contributed by atoms with van der Waals surface area (Å²) in [6.45, 7) is 0. The average molecular weight is 466 g/mol. The van der Waals surface area contributed by atoms with E-state index in [1.807, 2.05) is 0 Å². The Morgan fingerprint density at radius 1 is 1.29 bits per heavy atom. The molecule has 0 spiro atoms. The van der Waals surface area contributed by atoms with E-state index in [0.717, 1.165) is 0 Å². The first-order valence-corrected chi connectivity index (χ1v) is 14.7. The van der Waals surface area contributed by atoms with E-state index < -0.39 is 0 Å². The van der Waals surface area contributed by atoms with Crippen LogP contribution in [0.15, 0.2) is 0 Å². The number of alkyl halides is 1. The second kappa shape index (κ2) is 3.15. The van der Waals surface area contributed by atoms with Gasteiger partial charge in [0.25, 0.3) is 0 Å². The van der Waals surface area contributed by atoms with Crippen LogP contribution in [0.3, 0.4) is 0 Å². The number of hydrogen-bond acceptors (Lipinski definition) is 0. The minimum atomic E-state index is -0.110. The van der Waals surface area contributed by atoms with Crippen molar-refractivity contribution in [2.24, 2.45) is 0 Å². The fourth-order valence-electron chi connectivity index (χ4n) is 0.506. The lowest BCUT2D eigenvalue weighted by Gasteiger charge is -2.30. The van der Waals surface area contributed by atoms with Crippen molar-refractivity contribution in [2.45, 2.75) is 8.84 Å². The van der Waals surface area contributed by atoms with Crippen molar-refractivity contribution in [3.05, 3.63) is 0 Å². The highest BCUT2D eigenvalue weighted by Gasteiger charge is 2.37. The molecule has 0 aromatic carbocycles. The van der Waals surface area contributed by atoms with Crippen molar-refractivity contribution in [1.29, 1.82) is 0 Å². The molecule has 0 aromatic heterocycles. The van der Waals surface area contributed by atoms with E-state index in [1.165, 1.54) is 3.17 Å². The Bertz CT molecular complexity index is 69.3. The molecule has 1 rings (SSSR count). The van der Waals surface area contributed by atoms with E-state index in [2.05, 4.69) is 66.2 Å². The molecule has 2 atom stereocenters. The quantitative estimate of drug-likeness (QED) is 0.221. The van der Waals surface area contributed by atoms with Gasteiger partial charge in [-0.05, 0) is 5.67 Å². The minimum Gasteiger partial charge on any atom is -0.123 e. The van der Waals surface area contributed by atoms with Gasteiger partial charge in [0.1, 0.15) is 12.6 Å². The highest BCUT2D eigenvalue weighted by Crippen LogP contribution is 2.34. The smallest absolute Gasteiger partial charge is 0.118 e. The van der Waals surface area contributed by atoms with Crippen molar-refractivity contribution in [3.8, 4) is 0 Å². The first-order chi connectivity index (χ1) is 3.22. The van der Waals surface area contributed by atoms with Gasteiger partial charge in [0.05, 0.1) is 0 Å². The van der Waals surface area contributed by atoms with Gasteiger partial charge >= 0.3 is 0 Å². The molecule has 0 aliphatic carbocycles. The van der Waals surface area contributed by atoms with E-state index in [-0.39, 0.29) is 12.6 Å². The molecule has 0 radical (unpaired) electrons. The zero-order valence-corrected chi connectivity index (χ0v) is 12.4. The maximum atomic E-state index is 2.70. The van der Waals surface area contributed by atoms with Crippen molar-refractivity contribution < 1.29 is 0 Å². The zero-order valence-electron chi connectivity index (χ0n) is 3.57. The van der Waals surface area contributed by atoms with Gasteiger partial charge in [-0.2, -0.15) is 0 Å². The molecule has 1 aliphatic heterocycles. The lowest BCUT2D eigenvalue weighted by Crippen LogP contribution is -2.45. The van der Waals surface area contributed by atoms with Gasteiger partial charge in [0, 0.05) is 3.17 Å². The lowest BCUT2D eigenvalue weighted by molar-refractivity contribution is 1.67. The van der Waals surface area contributed by atoms with Crippen LogP contribution in [0.4, 0.5) is 0 Å². The maximum absolute atomic E-state index is 2.70. The first kappa shape index (κ1) is 7.73. The Labute approximate surface area is 86.0 Å². The molecule has 1 aliphatic rings. The standard InChI is InChI=1S/C2H5I3Si2/c3-2-6(4)1-7(2)5/h2,6-7H,1H2. The van der Waals surface area contributed by atoms with Crippen LogP contribution in [0.25, 0.3) is 0 Å². The number of rotatable bonds is 0. The van der Waals surface area contributed by atoms with Crippen LogP contribution in [0.5, 0.6) is 0 Å². The second-order valence-electron chi connectivity index (χ2n) is 1.71. The van der Waals surface area contributed by atoms with Crippen molar-refractivity contribution >= 4 is 78.8 Å². The molecular weight excluding hydrogens is 461 g/mol. The van der Waals surface area contributed by atoms with Crippen LogP contribution < -0.4 is 0 Å². The topological polar surface area (TPSA) is 0 Å². The van der Waals surface area contributed by atoms with Crippen LogP contribution in [0.1, 0.15) is 0 Å². The Morgan fingerprint density at radius 3 is 1.71 bits per heavy atom. The van der Waals surface area contributed by atoms with Gasteiger partial charge in [-0.3, -0.25) is 0 Å². The molecule has 42 valence electrons. The predicted molar refractivity (Wildman–Crippen MR) is 65.0 cm³/mol. The number of halogens is 3. The van der Waals surface area contributed by atoms with E-state index >= 15 is 0 Å². The normalized spacial score (nSPS) is 51.0. The van der Waals surface area contributed by atoms with Crippen LogP contribution >= 0.6 is 66.2 Å². The SMILES string of the molecule is IC1[SiH](I)C[SiH]1I. The fraction of sp³-hybridized carbons (Fsp3) is 1.00. The monoisotopic (exact) mass is 466 g/mol. The third-order valence-corrected chi connectivity index (χ3v) is 40.9. The summed E-state index contributed by atoms with van der Waals surface area (Å²) in [6, 6.07) is 0. The van der Waals surface area contributed by atoms with Crippen LogP contribution in [-0.4, -0.2) is 15.8 Å². The summed E-state index contributed by atoms with van der Waals surface area (Å²) in [7, 11) is 0. The highest BCUT2D eigenvalue weighted by molar-refractivity contribution is 14.2. The summed E-state index contributed by atoms with van der Waals surface area (Å²) in [6.07, 6.45) is -0.220. The molecule has 5 heteroatoms. The minimum absolute atomic E-state index is 0.110. The first-order valence-electron chi connectivity index (χ1n) is 2.14. The molecule has 0 saturated carbocycles. The average Bonchev–Trinajstić information content (AvgIpc) is 1.68. The third-order valence-electron chi connectivity index (χ3n) is 1.14. The summed E-state index contributed by atoms with van der Waals surface area (Å²) in [5.74, 6) is 0. The fourth-order valence-corrected chi connectivity index (χ4v) is 44.6. The summed E-state index contributed by atoms with van der Waals surface area (Å²) in [5.41, 5.74) is 1.70. The van der Waals surface area contributed by atoms with Gasteiger partial charge in [-0.1, -0.05) is 22.6 Å². The molecule has 0 nitrogen and oxygen atoms in total.